The molecule has 0 aliphatic carbocycles. The first-order chi connectivity index (χ1) is 24.4. The molecule has 0 spiro atoms. The topological polar surface area (TPSA) is 14.8 Å². The lowest BCUT2D eigenvalue weighted by molar-refractivity contribution is 1.15. The van der Waals surface area contributed by atoms with E-state index in [4.69, 9.17) is 0 Å². The lowest BCUT2D eigenvalue weighted by atomic mass is 10.0. The third kappa shape index (κ3) is 3.56. The van der Waals surface area contributed by atoms with E-state index in [1.165, 1.54) is 76.2 Å². The number of fused-ring (bicyclic) bond motifs is 13. The minimum Gasteiger partial charge on any atom is -0.309 e. The predicted molar refractivity (Wildman–Crippen MR) is 207 cm³/mol. The average Bonchev–Trinajstić information content (AvgIpc) is 3.81. The average molecular weight is 624 g/mol. The van der Waals surface area contributed by atoms with Crippen LogP contribution < -0.4 is 0 Å². The second kappa shape index (κ2) is 9.96. The summed E-state index contributed by atoms with van der Waals surface area (Å²) in [5.74, 6) is 0. The molecular formula is C46H29N3. The SMILES string of the molecule is c1ccc(-n2c3ccccc3c3c4c5ccccc5n(-c5ccc6ccccc6c5)c4c4c(c5ccccc5n4-c4ccccc4)c32)cc1. The Bertz CT molecular complexity index is 3090. The largest absolute Gasteiger partial charge is 0.309 e. The molecule has 3 heteroatoms. The van der Waals surface area contributed by atoms with E-state index in [-0.39, 0.29) is 0 Å². The summed E-state index contributed by atoms with van der Waals surface area (Å²) in [4.78, 5) is 0. The first-order valence-electron chi connectivity index (χ1n) is 16.9. The van der Waals surface area contributed by atoms with Crippen molar-refractivity contribution in [1.29, 1.82) is 0 Å². The van der Waals surface area contributed by atoms with Gasteiger partial charge >= 0.3 is 0 Å². The number of aromatic nitrogens is 3. The van der Waals surface area contributed by atoms with Crippen molar-refractivity contribution in [3.05, 3.63) is 176 Å². The molecule has 0 saturated heterocycles. The first-order valence-corrected chi connectivity index (χ1v) is 16.9. The van der Waals surface area contributed by atoms with Crippen molar-refractivity contribution in [2.45, 2.75) is 0 Å². The molecule has 0 atom stereocenters. The van der Waals surface area contributed by atoms with E-state index in [1.807, 2.05) is 0 Å². The quantitative estimate of drug-likeness (QED) is 0.186. The summed E-state index contributed by atoms with van der Waals surface area (Å²) in [6.07, 6.45) is 0. The molecule has 49 heavy (non-hydrogen) atoms. The maximum atomic E-state index is 2.52. The minimum atomic E-state index is 1.15. The summed E-state index contributed by atoms with van der Waals surface area (Å²) in [7, 11) is 0. The Balaban J connectivity index is 1.51. The summed E-state index contributed by atoms with van der Waals surface area (Å²) in [6.45, 7) is 0. The van der Waals surface area contributed by atoms with Gasteiger partial charge in [0.25, 0.3) is 0 Å². The van der Waals surface area contributed by atoms with Crippen molar-refractivity contribution in [3.8, 4) is 17.1 Å². The van der Waals surface area contributed by atoms with Gasteiger partial charge < -0.3 is 13.7 Å². The summed E-state index contributed by atoms with van der Waals surface area (Å²) < 4.78 is 7.51. The third-order valence-electron chi connectivity index (χ3n) is 10.4. The van der Waals surface area contributed by atoms with Gasteiger partial charge in [0.05, 0.1) is 33.1 Å². The van der Waals surface area contributed by atoms with Gasteiger partial charge in [0, 0.05) is 49.4 Å². The van der Waals surface area contributed by atoms with E-state index < -0.39 is 0 Å². The first kappa shape index (κ1) is 26.5. The van der Waals surface area contributed by atoms with Crippen molar-refractivity contribution in [1.82, 2.24) is 13.7 Å². The van der Waals surface area contributed by atoms with E-state index >= 15 is 0 Å². The van der Waals surface area contributed by atoms with Crippen molar-refractivity contribution in [3.63, 3.8) is 0 Å². The van der Waals surface area contributed by atoms with E-state index in [0.717, 1.165) is 17.1 Å². The fraction of sp³-hybridized carbons (Fsp3) is 0. The standard InChI is InChI=1S/C46H29N3/c1-3-17-32(18-4-1)47-38-24-12-9-21-35(38)41-42-36-22-10-13-25-39(36)49(34-28-27-30-15-7-8-16-31(30)29-34)45(42)46-43(44(41)47)37-23-11-14-26-40(37)48(46)33-19-5-2-6-20-33/h1-29H. The highest BCUT2D eigenvalue weighted by Gasteiger charge is 2.28. The van der Waals surface area contributed by atoms with Crippen molar-refractivity contribution < 1.29 is 0 Å². The molecule has 3 aromatic heterocycles. The van der Waals surface area contributed by atoms with Gasteiger partial charge in [-0.3, -0.25) is 0 Å². The van der Waals surface area contributed by atoms with Gasteiger partial charge in [-0.25, -0.2) is 0 Å². The van der Waals surface area contributed by atoms with Crippen LogP contribution in [-0.4, -0.2) is 13.7 Å². The van der Waals surface area contributed by atoms with Crippen molar-refractivity contribution in [2.75, 3.05) is 0 Å². The Hall–Kier alpha value is -6.58. The molecule has 0 radical (unpaired) electrons. The maximum absolute atomic E-state index is 2.52. The minimum absolute atomic E-state index is 1.15. The van der Waals surface area contributed by atoms with Crippen LogP contribution in [0.1, 0.15) is 0 Å². The van der Waals surface area contributed by atoms with Crippen LogP contribution in [0, 0.1) is 0 Å². The lowest BCUT2D eigenvalue weighted by Crippen LogP contribution is -1.99. The lowest BCUT2D eigenvalue weighted by Gasteiger charge is -2.14. The molecule has 11 rings (SSSR count). The van der Waals surface area contributed by atoms with Gasteiger partial charge in [0.1, 0.15) is 0 Å². The Kier molecular flexibility index (Phi) is 5.38. The number of nitrogens with zero attached hydrogens (tertiary/aromatic N) is 3. The smallest absolute Gasteiger partial charge is 0.0810 e. The summed E-state index contributed by atoms with van der Waals surface area (Å²) in [5, 5.41) is 10.0. The molecule has 0 bridgehead atoms. The molecule has 0 amide bonds. The van der Waals surface area contributed by atoms with Crippen LogP contribution in [0.25, 0.3) is 93.3 Å². The predicted octanol–water partition coefficient (Wildman–Crippen LogP) is 12.1. The summed E-state index contributed by atoms with van der Waals surface area (Å²) in [5.41, 5.74) is 10.7. The van der Waals surface area contributed by atoms with Gasteiger partial charge in [-0.15, -0.1) is 0 Å². The Morgan fingerprint density at radius 3 is 1.27 bits per heavy atom. The highest BCUT2D eigenvalue weighted by atomic mass is 15.1. The zero-order valence-corrected chi connectivity index (χ0v) is 26.6. The molecule has 0 saturated carbocycles. The fourth-order valence-electron chi connectivity index (χ4n) is 8.43. The molecule has 228 valence electrons. The van der Waals surface area contributed by atoms with Crippen LogP contribution in [0.2, 0.25) is 0 Å². The number of rotatable bonds is 3. The van der Waals surface area contributed by atoms with Crippen molar-refractivity contribution in [2.24, 2.45) is 0 Å². The van der Waals surface area contributed by atoms with E-state index in [2.05, 4.69) is 190 Å². The number of benzene rings is 8. The molecule has 0 unspecified atom stereocenters. The van der Waals surface area contributed by atoms with E-state index in [1.54, 1.807) is 0 Å². The van der Waals surface area contributed by atoms with Crippen LogP contribution in [0.4, 0.5) is 0 Å². The van der Waals surface area contributed by atoms with Crippen LogP contribution in [0.3, 0.4) is 0 Å². The fourth-order valence-corrected chi connectivity index (χ4v) is 8.43. The molecule has 3 heterocycles. The van der Waals surface area contributed by atoms with E-state index in [0.29, 0.717) is 0 Å². The normalized spacial score (nSPS) is 12.1. The number of para-hydroxylation sites is 5. The van der Waals surface area contributed by atoms with Crippen LogP contribution >= 0.6 is 0 Å². The number of hydrogen-bond acceptors (Lipinski definition) is 0. The molecule has 8 aromatic carbocycles. The van der Waals surface area contributed by atoms with Crippen LogP contribution in [-0.2, 0) is 0 Å². The highest BCUT2D eigenvalue weighted by Crippen LogP contribution is 2.50. The molecule has 3 nitrogen and oxygen atoms in total. The Labute approximate surface area is 282 Å². The van der Waals surface area contributed by atoms with Crippen LogP contribution in [0.5, 0.6) is 0 Å². The highest BCUT2D eigenvalue weighted by molar-refractivity contribution is 6.40. The molecule has 0 N–H and O–H groups in total. The van der Waals surface area contributed by atoms with Gasteiger partial charge in [0.15, 0.2) is 0 Å². The van der Waals surface area contributed by atoms with Gasteiger partial charge in [-0.2, -0.15) is 0 Å². The molecule has 0 fully saturated rings. The van der Waals surface area contributed by atoms with E-state index in [9.17, 15) is 0 Å². The Morgan fingerprint density at radius 2 is 0.673 bits per heavy atom. The van der Waals surface area contributed by atoms with Gasteiger partial charge in [0.2, 0.25) is 0 Å². The second-order valence-electron chi connectivity index (χ2n) is 12.9. The molecular weight excluding hydrogens is 595 g/mol. The third-order valence-corrected chi connectivity index (χ3v) is 10.4. The monoisotopic (exact) mass is 623 g/mol. The summed E-state index contributed by atoms with van der Waals surface area (Å²) >= 11 is 0. The van der Waals surface area contributed by atoms with Gasteiger partial charge in [-0.1, -0.05) is 121 Å². The molecule has 0 aliphatic heterocycles. The maximum Gasteiger partial charge on any atom is 0.0810 e. The molecule has 11 aromatic rings. The molecule has 0 aliphatic rings. The Morgan fingerprint density at radius 1 is 0.265 bits per heavy atom. The summed E-state index contributed by atoms with van der Waals surface area (Å²) in [6, 6.07) is 64.1. The second-order valence-corrected chi connectivity index (χ2v) is 12.9. The van der Waals surface area contributed by atoms with Gasteiger partial charge in [-0.05, 0) is 65.4 Å². The zero-order valence-electron chi connectivity index (χ0n) is 26.6. The number of hydrogen-bond donors (Lipinski definition) is 0. The zero-order chi connectivity index (χ0) is 32.1. The van der Waals surface area contributed by atoms with Crippen LogP contribution in [0.15, 0.2) is 176 Å². The van der Waals surface area contributed by atoms with Crippen molar-refractivity contribution >= 4 is 76.2 Å².